The summed E-state index contributed by atoms with van der Waals surface area (Å²) >= 11 is 0. The van der Waals surface area contributed by atoms with Crippen LogP contribution in [-0.2, 0) is 19.9 Å². The molecule has 0 saturated heterocycles. The molecular formula is C15H21N3O. The minimum absolute atomic E-state index is 0.377. The Morgan fingerprint density at radius 3 is 2.79 bits per heavy atom. The second-order valence-corrected chi connectivity index (χ2v) is 4.73. The molecule has 19 heavy (non-hydrogen) atoms. The summed E-state index contributed by atoms with van der Waals surface area (Å²) in [6.07, 6.45) is 3.87. The van der Waals surface area contributed by atoms with Crippen LogP contribution in [-0.4, -0.2) is 30.0 Å². The fraction of sp³-hybridized carbons (Fsp3) is 0.400. The number of nitrogens with zero attached hydrogens (tertiary/aromatic N) is 2. The van der Waals surface area contributed by atoms with Crippen molar-refractivity contribution in [3.8, 4) is 5.75 Å². The number of ether oxygens (including phenoxy) is 1. The van der Waals surface area contributed by atoms with Gasteiger partial charge in [0.05, 0.1) is 12.8 Å². The minimum Gasteiger partial charge on any atom is -0.497 e. The number of nitrogens with one attached hydrogen (secondary N) is 1. The molecule has 0 aliphatic rings. The molecule has 1 unspecified atom stereocenters. The van der Waals surface area contributed by atoms with Crippen molar-refractivity contribution in [2.75, 3.05) is 14.2 Å². The largest absolute Gasteiger partial charge is 0.497 e. The lowest BCUT2D eigenvalue weighted by Crippen LogP contribution is -2.30. The maximum atomic E-state index is 5.26. The molecule has 1 aromatic carbocycles. The Morgan fingerprint density at radius 2 is 2.16 bits per heavy atom. The second-order valence-electron chi connectivity index (χ2n) is 4.73. The molecule has 102 valence electrons. The van der Waals surface area contributed by atoms with Crippen LogP contribution in [0.15, 0.2) is 36.5 Å². The fourth-order valence-electron chi connectivity index (χ4n) is 2.18. The Hall–Kier alpha value is -1.81. The lowest BCUT2D eigenvalue weighted by Gasteiger charge is -2.15. The smallest absolute Gasteiger partial charge is 0.119 e. The first kappa shape index (κ1) is 13.6. The zero-order valence-corrected chi connectivity index (χ0v) is 11.8. The summed E-state index contributed by atoms with van der Waals surface area (Å²) in [5.41, 5.74) is 2.39. The van der Waals surface area contributed by atoms with Crippen LogP contribution in [0.3, 0.4) is 0 Å². The van der Waals surface area contributed by atoms with Gasteiger partial charge in [-0.15, -0.1) is 0 Å². The van der Waals surface area contributed by atoms with Gasteiger partial charge in [-0.1, -0.05) is 12.1 Å². The van der Waals surface area contributed by atoms with Crippen LogP contribution in [0.2, 0.25) is 0 Å². The van der Waals surface area contributed by atoms with Gasteiger partial charge < -0.3 is 10.1 Å². The summed E-state index contributed by atoms with van der Waals surface area (Å²) in [6, 6.07) is 10.7. The SMILES string of the molecule is CNC(Cc1cccc(OC)c1)Cc1ccn(C)n1. The van der Waals surface area contributed by atoms with Gasteiger partial charge in [-0.25, -0.2) is 0 Å². The molecule has 1 aromatic heterocycles. The summed E-state index contributed by atoms with van der Waals surface area (Å²) in [6.45, 7) is 0. The number of hydrogen-bond donors (Lipinski definition) is 1. The zero-order chi connectivity index (χ0) is 13.7. The number of aromatic nitrogens is 2. The number of likely N-dealkylation sites (N-methyl/N-ethyl adjacent to an activating group) is 1. The molecule has 0 saturated carbocycles. The lowest BCUT2D eigenvalue weighted by atomic mass is 10.0. The van der Waals surface area contributed by atoms with Crippen molar-refractivity contribution in [3.63, 3.8) is 0 Å². The molecule has 0 fully saturated rings. The van der Waals surface area contributed by atoms with E-state index < -0.39 is 0 Å². The molecular weight excluding hydrogens is 238 g/mol. The van der Waals surface area contributed by atoms with Crippen LogP contribution in [0, 0.1) is 0 Å². The summed E-state index contributed by atoms with van der Waals surface area (Å²) in [4.78, 5) is 0. The molecule has 1 heterocycles. The van der Waals surface area contributed by atoms with Gasteiger partial charge in [-0.3, -0.25) is 4.68 Å². The molecule has 0 bridgehead atoms. The Balaban J connectivity index is 2.01. The summed E-state index contributed by atoms with van der Waals surface area (Å²) in [7, 11) is 5.64. The summed E-state index contributed by atoms with van der Waals surface area (Å²) < 4.78 is 7.10. The van der Waals surface area contributed by atoms with Crippen LogP contribution in [0.4, 0.5) is 0 Å². The van der Waals surface area contributed by atoms with E-state index in [4.69, 9.17) is 4.74 Å². The Bertz CT molecular complexity index is 522. The van der Waals surface area contributed by atoms with Crippen molar-refractivity contribution in [1.82, 2.24) is 15.1 Å². The normalized spacial score (nSPS) is 12.4. The quantitative estimate of drug-likeness (QED) is 0.860. The van der Waals surface area contributed by atoms with Gasteiger partial charge >= 0.3 is 0 Å². The van der Waals surface area contributed by atoms with Gasteiger partial charge in [0.1, 0.15) is 5.75 Å². The standard InChI is InChI=1S/C15H21N3O/c1-16-14(11-13-7-8-18(2)17-13)9-12-5-4-6-15(10-12)19-3/h4-8,10,14,16H,9,11H2,1-3H3. The molecule has 0 amide bonds. The first-order chi connectivity index (χ1) is 9.21. The fourth-order valence-corrected chi connectivity index (χ4v) is 2.18. The lowest BCUT2D eigenvalue weighted by molar-refractivity contribution is 0.414. The zero-order valence-electron chi connectivity index (χ0n) is 11.8. The van der Waals surface area contributed by atoms with Crippen molar-refractivity contribution in [3.05, 3.63) is 47.8 Å². The third-order valence-electron chi connectivity index (χ3n) is 3.25. The number of aryl methyl sites for hydroxylation is 1. The first-order valence-electron chi connectivity index (χ1n) is 6.50. The van der Waals surface area contributed by atoms with Crippen molar-refractivity contribution >= 4 is 0 Å². The third kappa shape index (κ3) is 3.83. The molecule has 0 aliphatic carbocycles. The third-order valence-corrected chi connectivity index (χ3v) is 3.25. The van der Waals surface area contributed by atoms with Crippen molar-refractivity contribution in [2.45, 2.75) is 18.9 Å². The monoisotopic (exact) mass is 259 g/mol. The molecule has 4 heteroatoms. The summed E-state index contributed by atoms with van der Waals surface area (Å²) in [5.74, 6) is 0.908. The van der Waals surface area contributed by atoms with E-state index in [1.165, 1.54) is 5.56 Å². The molecule has 0 aliphatic heterocycles. The van der Waals surface area contributed by atoms with Gasteiger partial charge in [-0.05, 0) is 37.2 Å². The molecule has 1 N–H and O–H groups in total. The average Bonchev–Trinajstić information content (AvgIpc) is 2.83. The Kier molecular flexibility index (Phi) is 4.58. The number of methoxy groups -OCH3 is 1. The van der Waals surface area contributed by atoms with E-state index in [9.17, 15) is 0 Å². The predicted octanol–water partition coefficient (Wildman–Crippen LogP) is 1.80. The molecule has 2 aromatic rings. The summed E-state index contributed by atoms with van der Waals surface area (Å²) in [5, 5.41) is 7.78. The maximum absolute atomic E-state index is 5.26. The van der Waals surface area contributed by atoms with Crippen LogP contribution < -0.4 is 10.1 Å². The van der Waals surface area contributed by atoms with E-state index in [1.54, 1.807) is 7.11 Å². The maximum Gasteiger partial charge on any atom is 0.119 e. The van der Waals surface area contributed by atoms with E-state index in [0.717, 1.165) is 24.3 Å². The van der Waals surface area contributed by atoms with Crippen LogP contribution in [0.1, 0.15) is 11.3 Å². The average molecular weight is 259 g/mol. The number of benzene rings is 1. The van der Waals surface area contributed by atoms with Crippen molar-refractivity contribution < 1.29 is 4.74 Å². The topological polar surface area (TPSA) is 39.1 Å². The number of rotatable bonds is 6. The number of hydrogen-bond acceptors (Lipinski definition) is 3. The van der Waals surface area contributed by atoms with Gasteiger partial charge in [0.25, 0.3) is 0 Å². The Labute approximate surface area is 114 Å². The Morgan fingerprint density at radius 1 is 1.32 bits per heavy atom. The van der Waals surface area contributed by atoms with Crippen molar-refractivity contribution in [1.29, 1.82) is 0 Å². The van der Waals surface area contributed by atoms with E-state index in [1.807, 2.05) is 37.1 Å². The molecule has 4 nitrogen and oxygen atoms in total. The van der Waals surface area contributed by atoms with Gasteiger partial charge in [0, 0.05) is 25.7 Å². The van der Waals surface area contributed by atoms with E-state index in [2.05, 4.69) is 28.6 Å². The molecule has 1 atom stereocenters. The highest BCUT2D eigenvalue weighted by molar-refractivity contribution is 5.29. The van der Waals surface area contributed by atoms with Crippen LogP contribution >= 0.6 is 0 Å². The van der Waals surface area contributed by atoms with E-state index in [0.29, 0.717) is 6.04 Å². The van der Waals surface area contributed by atoms with Gasteiger partial charge in [0.2, 0.25) is 0 Å². The minimum atomic E-state index is 0.377. The predicted molar refractivity (Wildman–Crippen MR) is 76.5 cm³/mol. The molecule has 0 radical (unpaired) electrons. The van der Waals surface area contributed by atoms with Crippen molar-refractivity contribution in [2.24, 2.45) is 7.05 Å². The van der Waals surface area contributed by atoms with Gasteiger partial charge in [-0.2, -0.15) is 5.10 Å². The van der Waals surface area contributed by atoms with Crippen LogP contribution in [0.5, 0.6) is 5.75 Å². The second kappa shape index (κ2) is 6.38. The van der Waals surface area contributed by atoms with E-state index in [-0.39, 0.29) is 0 Å². The highest BCUT2D eigenvalue weighted by Crippen LogP contribution is 2.15. The first-order valence-corrected chi connectivity index (χ1v) is 6.50. The van der Waals surface area contributed by atoms with Crippen LogP contribution in [0.25, 0.3) is 0 Å². The molecule has 0 spiro atoms. The molecule has 2 rings (SSSR count). The van der Waals surface area contributed by atoms with E-state index >= 15 is 0 Å². The van der Waals surface area contributed by atoms with Gasteiger partial charge in [0.15, 0.2) is 0 Å². The highest BCUT2D eigenvalue weighted by Gasteiger charge is 2.10. The highest BCUT2D eigenvalue weighted by atomic mass is 16.5.